The van der Waals surface area contributed by atoms with Crippen LogP contribution < -0.4 is 0 Å². The first-order valence-electron chi connectivity index (χ1n) is 4.29. The van der Waals surface area contributed by atoms with Crippen molar-refractivity contribution in [2.75, 3.05) is 0 Å². The number of Topliss-reactive ketones (excluding diaryl/α,β-unsaturated/α-hetero) is 1. The third-order valence-electron chi connectivity index (χ3n) is 2.91. The maximum Gasteiger partial charge on any atom is 0.139 e. The Hall–Kier alpha value is -0.150. The fourth-order valence-electron chi connectivity index (χ4n) is 1.73. The third-order valence-corrected chi connectivity index (χ3v) is 4.72. The van der Waals surface area contributed by atoms with Crippen molar-refractivity contribution < 1.29 is 4.79 Å². The van der Waals surface area contributed by atoms with Crippen LogP contribution in [-0.4, -0.2) is 5.78 Å². The SMILES string of the molecule is CC1(C)C(=O)CC1c1cc(Br)cs1. The lowest BCUT2D eigenvalue weighted by atomic mass is 9.61. The molecule has 0 spiro atoms. The van der Waals surface area contributed by atoms with Gasteiger partial charge in [0.05, 0.1) is 0 Å². The molecule has 0 bridgehead atoms. The lowest BCUT2D eigenvalue weighted by Crippen LogP contribution is -2.43. The summed E-state index contributed by atoms with van der Waals surface area (Å²) in [5.74, 6) is 0.832. The maximum atomic E-state index is 11.3. The Morgan fingerprint density at radius 2 is 2.31 bits per heavy atom. The molecule has 13 heavy (non-hydrogen) atoms. The first-order chi connectivity index (χ1) is 6.01. The first-order valence-corrected chi connectivity index (χ1v) is 5.96. The highest BCUT2D eigenvalue weighted by molar-refractivity contribution is 9.10. The highest BCUT2D eigenvalue weighted by Gasteiger charge is 2.48. The summed E-state index contributed by atoms with van der Waals surface area (Å²) in [6.45, 7) is 4.08. The zero-order valence-corrected chi connectivity index (χ0v) is 10.0. The van der Waals surface area contributed by atoms with E-state index in [0.717, 1.165) is 10.9 Å². The van der Waals surface area contributed by atoms with Gasteiger partial charge >= 0.3 is 0 Å². The van der Waals surface area contributed by atoms with Crippen molar-refractivity contribution in [2.45, 2.75) is 26.2 Å². The molecule has 0 amide bonds. The molecule has 0 radical (unpaired) electrons. The minimum Gasteiger partial charge on any atom is -0.299 e. The molecule has 1 aliphatic carbocycles. The molecule has 1 aromatic heterocycles. The Bertz CT molecular complexity index is 354. The fraction of sp³-hybridized carbons (Fsp3) is 0.500. The number of carbonyl (C=O) groups is 1. The van der Waals surface area contributed by atoms with E-state index in [9.17, 15) is 4.79 Å². The summed E-state index contributed by atoms with van der Waals surface area (Å²) in [7, 11) is 0. The lowest BCUT2D eigenvalue weighted by molar-refractivity contribution is -0.137. The van der Waals surface area contributed by atoms with Crippen molar-refractivity contribution in [3.05, 3.63) is 20.8 Å². The van der Waals surface area contributed by atoms with Crippen molar-refractivity contribution in [1.29, 1.82) is 0 Å². The molecule has 2 rings (SSSR count). The third kappa shape index (κ3) is 1.38. The van der Waals surface area contributed by atoms with Gasteiger partial charge in [0, 0.05) is 32.5 Å². The van der Waals surface area contributed by atoms with Gasteiger partial charge in [-0.1, -0.05) is 13.8 Å². The molecule has 1 aliphatic rings. The average molecular weight is 259 g/mol. The van der Waals surface area contributed by atoms with Crippen LogP contribution in [0.25, 0.3) is 0 Å². The van der Waals surface area contributed by atoms with Crippen molar-refractivity contribution in [3.63, 3.8) is 0 Å². The molecule has 0 aliphatic heterocycles. The predicted octanol–water partition coefficient (Wildman–Crippen LogP) is 3.59. The van der Waals surface area contributed by atoms with Gasteiger partial charge in [0.1, 0.15) is 5.78 Å². The lowest BCUT2D eigenvalue weighted by Gasteiger charge is -2.41. The molecule has 3 heteroatoms. The summed E-state index contributed by atoms with van der Waals surface area (Å²) >= 11 is 5.17. The van der Waals surface area contributed by atoms with E-state index in [1.165, 1.54) is 4.88 Å². The Labute approximate surface area is 90.3 Å². The van der Waals surface area contributed by atoms with E-state index < -0.39 is 0 Å². The fourth-order valence-corrected chi connectivity index (χ4v) is 3.47. The number of hydrogen-bond acceptors (Lipinski definition) is 2. The zero-order valence-electron chi connectivity index (χ0n) is 7.63. The van der Waals surface area contributed by atoms with Gasteiger partial charge in [-0.3, -0.25) is 4.79 Å². The van der Waals surface area contributed by atoms with Crippen molar-refractivity contribution >= 4 is 33.0 Å². The molecule has 0 aromatic carbocycles. The second-order valence-corrected chi connectivity index (χ2v) is 5.93. The van der Waals surface area contributed by atoms with Crippen LogP contribution in [0, 0.1) is 5.41 Å². The maximum absolute atomic E-state index is 11.3. The van der Waals surface area contributed by atoms with Crippen LogP contribution in [0.5, 0.6) is 0 Å². The van der Waals surface area contributed by atoms with Crippen LogP contribution in [0.15, 0.2) is 15.9 Å². The smallest absolute Gasteiger partial charge is 0.139 e. The summed E-state index contributed by atoms with van der Waals surface area (Å²) in [5.41, 5.74) is -0.135. The van der Waals surface area contributed by atoms with E-state index in [1.807, 2.05) is 13.8 Å². The number of thiophene rings is 1. The molecule has 1 aromatic rings. The van der Waals surface area contributed by atoms with Crippen LogP contribution >= 0.6 is 27.3 Å². The Morgan fingerprint density at radius 3 is 2.69 bits per heavy atom. The number of ketones is 1. The Morgan fingerprint density at radius 1 is 1.62 bits per heavy atom. The van der Waals surface area contributed by atoms with Crippen LogP contribution in [0.2, 0.25) is 0 Å². The molecule has 0 saturated heterocycles. The molecule has 1 nitrogen and oxygen atoms in total. The minimum atomic E-state index is -0.135. The number of rotatable bonds is 1. The van der Waals surface area contributed by atoms with Crippen molar-refractivity contribution in [2.24, 2.45) is 5.41 Å². The molecule has 70 valence electrons. The molecule has 1 unspecified atom stereocenters. The van der Waals surface area contributed by atoms with Gasteiger partial charge in [0.2, 0.25) is 0 Å². The summed E-state index contributed by atoms with van der Waals surface area (Å²) < 4.78 is 1.13. The standard InChI is InChI=1S/C10H11BrOS/c1-10(2)7(4-9(10)12)8-3-6(11)5-13-8/h3,5,7H,4H2,1-2H3. The molecule has 1 atom stereocenters. The second-order valence-electron chi connectivity index (χ2n) is 4.07. The molecule has 1 saturated carbocycles. The van der Waals surface area contributed by atoms with Gasteiger partial charge in [-0.05, 0) is 22.0 Å². The minimum absolute atomic E-state index is 0.135. The predicted molar refractivity (Wildman–Crippen MR) is 58.2 cm³/mol. The summed E-state index contributed by atoms with van der Waals surface area (Å²) in [6, 6.07) is 2.13. The van der Waals surface area contributed by atoms with E-state index >= 15 is 0 Å². The number of hydrogen-bond donors (Lipinski definition) is 0. The van der Waals surface area contributed by atoms with E-state index in [0.29, 0.717) is 11.7 Å². The van der Waals surface area contributed by atoms with Crippen molar-refractivity contribution in [3.8, 4) is 0 Å². The summed E-state index contributed by atoms with van der Waals surface area (Å²) in [5, 5.41) is 2.08. The van der Waals surface area contributed by atoms with E-state index in [1.54, 1.807) is 11.3 Å². The van der Waals surface area contributed by atoms with Crippen LogP contribution in [0.1, 0.15) is 31.1 Å². The quantitative estimate of drug-likeness (QED) is 0.753. The first kappa shape index (κ1) is 9.41. The van der Waals surface area contributed by atoms with Crippen LogP contribution in [0.4, 0.5) is 0 Å². The Balaban J connectivity index is 2.26. The van der Waals surface area contributed by atoms with Gasteiger partial charge in [-0.15, -0.1) is 11.3 Å². The highest BCUT2D eigenvalue weighted by atomic mass is 79.9. The largest absolute Gasteiger partial charge is 0.299 e. The summed E-state index contributed by atoms with van der Waals surface area (Å²) in [6.07, 6.45) is 0.722. The van der Waals surface area contributed by atoms with Gasteiger partial charge < -0.3 is 0 Å². The van der Waals surface area contributed by atoms with Gasteiger partial charge in [-0.2, -0.15) is 0 Å². The molecular formula is C10H11BrOS. The van der Waals surface area contributed by atoms with E-state index in [-0.39, 0.29) is 5.41 Å². The molecule has 0 N–H and O–H groups in total. The monoisotopic (exact) mass is 258 g/mol. The zero-order chi connectivity index (χ0) is 9.64. The van der Waals surface area contributed by atoms with Crippen LogP contribution in [-0.2, 0) is 4.79 Å². The van der Waals surface area contributed by atoms with Crippen LogP contribution in [0.3, 0.4) is 0 Å². The topological polar surface area (TPSA) is 17.1 Å². The average Bonchev–Trinajstić information content (AvgIpc) is 2.47. The molecular weight excluding hydrogens is 248 g/mol. The van der Waals surface area contributed by atoms with Gasteiger partial charge in [0.25, 0.3) is 0 Å². The van der Waals surface area contributed by atoms with E-state index in [4.69, 9.17) is 0 Å². The van der Waals surface area contributed by atoms with Gasteiger partial charge in [0.15, 0.2) is 0 Å². The number of halogens is 1. The Kier molecular flexibility index (Phi) is 2.11. The summed E-state index contributed by atoms with van der Waals surface area (Å²) in [4.78, 5) is 12.7. The number of carbonyl (C=O) groups excluding carboxylic acids is 1. The normalized spacial score (nSPS) is 25.8. The second kappa shape index (κ2) is 2.92. The van der Waals surface area contributed by atoms with Gasteiger partial charge in [-0.25, -0.2) is 0 Å². The molecule has 1 heterocycles. The van der Waals surface area contributed by atoms with E-state index in [2.05, 4.69) is 27.4 Å². The van der Waals surface area contributed by atoms with Crippen molar-refractivity contribution in [1.82, 2.24) is 0 Å². The molecule has 1 fully saturated rings. The highest BCUT2D eigenvalue weighted by Crippen LogP contribution is 2.51.